The summed E-state index contributed by atoms with van der Waals surface area (Å²) in [7, 11) is 0. The molecule has 0 fully saturated rings. The van der Waals surface area contributed by atoms with Crippen molar-refractivity contribution < 1.29 is 18.7 Å². The fourth-order valence-electron chi connectivity index (χ4n) is 2.66. The van der Waals surface area contributed by atoms with Crippen molar-refractivity contribution in [3.63, 3.8) is 0 Å². The summed E-state index contributed by atoms with van der Waals surface area (Å²) in [6.07, 6.45) is 1.61. The van der Waals surface area contributed by atoms with Crippen molar-refractivity contribution in [3.8, 4) is 10.6 Å². The van der Waals surface area contributed by atoms with Gasteiger partial charge in [0, 0.05) is 17.8 Å². The lowest BCUT2D eigenvalue weighted by atomic mass is 10.2. The predicted molar refractivity (Wildman–Crippen MR) is 112 cm³/mol. The second-order valence-corrected chi connectivity index (χ2v) is 7.14. The topological polar surface area (TPSA) is 59.5 Å². The Hall–Kier alpha value is -3.32. The van der Waals surface area contributed by atoms with Gasteiger partial charge in [-0.05, 0) is 43.3 Å². The third-order valence-electron chi connectivity index (χ3n) is 4.08. The van der Waals surface area contributed by atoms with E-state index in [9.17, 15) is 14.0 Å². The van der Waals surface area contributed by atoms with Gasteiger partial charge < -0.3 is 9.64 Å². The number of aromatic nitrogens is 1. The van der Waals surface area contributed by atoms with E-state index in [1.165, 1.54) is 17.0 Å². The Morgan fingerprint density at radius 2 is 1.86 bits per heavy atom. The minimum Gasteiger partial charge on any atom is -0.451 e. The van der Waals surface area contributed by atoms with Gasteiger partial charge >= 0.3 is 5.97 Å². The summed E-state index contributed by atoms with van der Waals surface area (Å²) in [5.41, 5.74) is 1.90. The summed E-state index contributed by atoms with van der Waals surface area (Å²) < 4.78 is 18.3. The Morgan fingerprint density at radius 3 is 2.52 bits per heavy atom. The molecule has 148 valence electrons. The van der Waals surface area contributed by atoms with E-state index in [2.05, 4.69) is 11.6 Å². The van der Waals surface area contributed by atoms with E-state index in [0.29, 0.717) is 33.4 Å². The summed E-state index contributed by atoms with van der Waals surface area (Å²) in [6.45, 7) is 5.26. The van der Waals surface area contributed by atoms with Crippen LogP contribution in [0.3, 0.4) is 0 Å². The first-order valence-electron chi connectivity index (χ1n) is 8.86. The van der Waals surface area contributed by atoms with Crippen molar-refractivity contribution >= 4 is 28.9 Å². The van der Waals surface area contributed by atoms with Crippen molar-refractivity contribution in [3.05, 3.63) is 83.6 Å². The van der Waals surface area contributed by atoms with Gasteiger partial charge in [0.05, 0.1) is 5.69 Å². The standard InChI is InChI=1S/C22H19FN2O3S/c1-3-13-25(18-7-5-4-6-8-18)19(26)14-28-22(27)20-15(2)24-21(29-20)16-9-11-17(23)12-10-16/h3-12H,1,13-14H2,2H3. The van der Waals surface area contributed by atoms with E-state index in [0.717, 1.165) is 11.3 Å². The number of hydrogen-bond acceptors (Lipinski definition) is 5. The summed E-state index contributed by atoms with van der Waals surface area (Å²) in [5.74, 6) is -1.32. The van der Waals surface area contributed by atoms with Crippen molar-refractivity contribution in [2.24, 2.45) is 0 Å². The van der Waals surface area contributed by atoms with Crippen LogP contribution in [0.15, 0.2) is 67.3 Å². The second kappa shape index (κ2) is 9.25. The number of para-hydroxylation sites is 1. The number of benzene rings is 2. The molecule has 0 radical (unpaired) electrons. The molecular formula is C22H19FN2O3S. The van der Waals surface area contributed by atoms with Crippen LogP contribution in [0.5, 0.6) is 0 Å². The van der Waals surface area contributed by atoms with Gasteiger partial charge in [-0.3, -0.25) is 4.79 Å². The van der Waals surface area contributed by atoms with E-state index in [1.807, 2.05) is 18.2 Å². The van der Waals surface area contributed by atoms with Crippen LogP contribution in [0.2, 0.25) is 0 Å². The predicted octanol–water partition coefficient (Wildman–Crippen LogP) is 4.63. The van der Waals surface area contributed by atoms with Gasteiger partial charge in [-0.1, -0.05) is 24.3 Å². The zero-order valence-corrected chi connectivity index (χ0v) is 16.6. The van der Waals surface area contributed by atoms with Crippen LogP contribution in [-0.4, -0.2) is 30.0 Å². The van der Waals surface area contributed by atoms with Crippen molar-refractivity contribution in [1.29, 1.82) is 0 Å². The molecule has 2 aromatic carbocycles. The Balaban J connectivity index is 1.69. The molecule has 0 bridgehead atoms. The lowest BCUT2D eigenvalue weighted by Crippen LogP contribution is -2.34. The molecule has 0 aliphatic rings. The minimum absolute atomic E-state index is 0.300. The molecule has 5 nitrogen and oxygen atoms in total. The van der Waals surface area contributed by atoms with Crippen LogP contribution >= 0.6 is 11.3 Å². The molecule has 0 aliphatic heterocycles. The van der Waals surface area contributed by atoms with Crippen LogP contribution < -0.4 is 4.90 Å². The molecule has 3 aromatic rings. The third-order valence-corrected chi connectivity index (χ3v) is 5.27. The largest absolute Gasteiger partial charge is 0.451 e. The van der Waals surface area contributed by atoms with Gasteiger partial charge in [0.15, 0.2) is 6.61 Å². The zero-order valence-electron chi connectivity index (χ0n) is 15.8. The Kier molecular flexibility index (Phi) is 6.51. The van der Waals surface area contributed by atoms with Crippen LogP contribution in [0.1, 0.15) is 15.4 Å². The molecule has 7 heteroatoms. The molecular weight excluding hydrogens is 391 g/mol. The molecule has 1 heterocycles. The first-order chi connectivity index (χ1) is 14.0. The highest BCUT2D eigenvalue weighted by Gasteiger charge is 2.21. The van der Waals surface area contributed by atoms with Gasteiger partial charge in [0.2, 0.25) is 0 Å². The molecule has 3 rings (SSSR count). The summed E-state index contributed by atoms with van der Waals surface area (Å²) in [6, 6.07) is 15.0. The number of amides is 1. The molecule has 29 heavy (non-hydrogen) atoms. The number of rotatable bonds is 7. The van der Waals surface area contributed by atoms with Crippen molar-refractivity contribution in [2.45, 2.75) is 6.92 Å². The maximum Gasteiger partial charge on any atom is 0.350 e. The van der Waals surface area contributed by atoms with E-state index in [-0.39, 0.29) is 11.7 Å². The average molecular weight is 410 g/mol. The number of thiazole rings is 1. The van der Waals surface area contributed by atoms with Crippen molar-refractivity contribution in [1.82, 2.24) is 4.98 Å². The van der Waals surface area contributed by atoms with E-state index in [1.54, 1.807) is 37.3 Å². The first kappa shape index (κ1) is 20.4. The number of carbonyl (C=O) groups excluding carboxylic acids is 2. The Morgan fingerprint density at radius 1 is 1.17 bits per heavy atom. The number of ether oxygens (including phenoxy) is 1. The van der Waals surface area contributed by atoms with Crippen molar-refractivity contribution in [2.75, 3.05) is 18.1 Å². The van der Waals surface area contributed by atoms with Gasteiger partial charge in [0.1, 0.15) is 15.7 Å². The highest BCUT2D eigenvalue weighted by Crippen LogP contribution is 2.28. The number of aryl methyl sites for hydroxylation is 1. The number of nitrogens with zero attached hydrogens (tertiary/aromatic N) is 2. The van der Waals surface area contributed by atoms with Gasteiger partial charge in [-0.25, -0.2) is 14.2 Å². The molecule has 0 N–H and O–H groups in total. The van der Waals surface area contributed by atoms with Crippen LogP contribution in [0, 0.1) is 12.7 Å². The molecule has 0 aliphatic carbocycles. The lowest BCUT2D eigenvalue weighted by molar-refractivity contribution is -0.121. The molecule has 0 atom stereocenters. The van der Waals surface area contributed by atoms with Gasteiger partial charge in [0.25, 0.3) is 5.91 Å². The maximum absolute atomic E-state index is 13.1. The molecule has 0 saturated carbocycles. The Labute approximate surface area is 172 Å². The summed E-state index contributed by atoms with van der Waals surface area (Å²) in [4.78, 5) is 31.2. The number of anilines is 1. The molecule has 1 aromatic heterocycles. The maximum atomic E-state index is 13.1. The van der Waals surface area contributed by atoms with Crippen LogP contribution in [0.4, 0.5) is 10.1 Å². The van der Waals surface area contributed by atoms with E-state index < -0.39 is 12.6 Å². The van der Waals surface area contributed by atoms with Gasteiger partial charge in [-0.15, -0.1) is 17.9 Å². The summed E-state index contributed by atoms with van der Waals surface area (Å²) in [5, 5.41) is 0.582. The number of carbonyl (C=O) groups is 2. The SMILES string of the molecule is C=CCN(C(=O)COC(=O)c1sc(-c2ccc(F)cc2)nc1C)c1ccccc1. The molecule has 0 spiro atoms. The Bertz CT molecular complexity index is 1020. The highest BCUT2D eigenvalue weighted by molar-refractivity contribution is 7.17. The van der Waals surface area contributed by atoms with E-state index in [4.69, 9.17) is 4.74 Å². The zero-order chi connectivity index (χ0) is 20.8. The smallest absolute Gasteiger partial charge is 0.350 e. The quantitative estimate of drug-likeness (QED) is 0.421. The molecule has 0 saturated heterocycles. The highest BCUT2D eigenvalue weighted by atomic mass is 32.1. The molecule has 0 unspecified atom stereocenters. The fraction of sp³-hybridized carbons (Fsp3) is 0.136. The van der Waals surface area contributed by atoms with Crippen LogP contribution in [-0.2, 0) is 9.53 Å². The minimum atomic E-state index is -0.617. The lowest BCUT2D eigenvalue weighted by Gasteiger charge is -2.21. The fourth-order valence-corrected chi connectivity index (χ4v) is 3.63. The number of hydrogen-bond donors (Lipinski definition) is 0. The molecule has 1 amide bonds. The number of esters is 1. The van der Waals surface area contributed by atoms with E-state index >= 15 is 0 Å². The monoisotopic (exact) mass is 410 g/mol. The number of halogens is 1. The second-order valence-electron chi connectivity index (χ2n) is 6.15. The van der Waals surface area contributed by atoms with Crippen LogP contribution in [0.25, 0.3) is 10.6 Å². The third kappa shape index (κ3) is 4.94. The average Bonchev–Trinajstić information content (AvgIpc) is 3.13. The first-order valence-corrected chi connectivity index (χ1v) is 9.68. The normalized spacial score (nSPS) is 10.4. The summed E-state index contributed by atoms with van der Waals surface area (Å²) >= 11 is 1.14. The van der Waals surface area contributed by atoms with Gasteiger partial charge in [-0.2, -0.15) is 0 Å².